The lowest BCUT2D eigenvalue weighted by Crippen LogP contribution is -2.06. The molecule has 0 radical (unpaired) electrons. The van der Waals surface area contributed by atoms with Crippen molar-refractivity contribution in [1.29, 1.82) is 0 Å². The van der Waals surface area contributed by atoms with Gasteiger partial charge in [0.2, 0.25) is 0 Å². The third-order valence-corrected chi connectivity index (χ3v) is 4.30. The molecule has 0 aliphatic rings. The highest BCUT2D eigenvalue weighted by molar-refractivity contribution is 7.91. The largest absolute Gasteiger partial charge is 0.224 e. The maximum Gasteiger partial charge on any atom is 0.178 e. The average molecular weight is 269 g/mol. The first kappa shape index (κ1) is 14.0. The molecule has 0 unspecified atom stereocenters. The van der Waals surface area contributed by atoms with Gasteiger partial charge >= 0.3 is 0 Å². The summed E-state index contributed by atoms with van der Waals surface area (Å²) >= 11 is 4.48. The van der Waals surface area contributed by atoms with Gasteiger partial charge in [-0.05, 0) is 42.9 Å². The minimum absolute atomic E-state index is 0.205. The standard InChI is InChI=1S/C12H15NO2S2/c1-2-3-4-9-17(14,15)12-7-5-11(6-8-12)13-10-16/h5-8H,2-4,9H2,1H3. The quantitative estimate of drug-likeness (QED) is 0.452. The van der Waals surface area contributed by atoms with Gasteiger partial charge < -0.3 is 0 Å². The fraction of sp³-hybridized carbons (Fsp3) is 0.417. The van der Waals surface area contributed by atoms with Gasteiger partial charge in [0, 0.05) is 0 Å². The molecule has 0 saturated heterocycles. The summed E-state index contributed by atoms with van der Waals surface area (Å²) in [7, 11) is -3.15. The second-order valence-electron chi connectivity index (χ2n) is 3.72. The van der Waals surface area contributed by atoms with E-state index in [9.17, 15) is 8.42 Å². The van der Waals surface area contributed by atoms with Crippen molar-refractivity contribution in [3.05, 3.63) is 24.3 Å². The monoisotopic (exact) mass is 269 g/mol. The zero-order valence-electron chi connectivity index (χ0n) is 9.72. The maximum atomic E-state index is 11.9. The number of hydrogen-bond donors (Lipinski definition) is 0. The number of hydrogen-bond acceptors (Lipinski definition) is 4. The van der Waals surface area contributed by atoms with Crippen LogP contribution in [0.3, 0.4) is 0 Å². The highest BCUT2D eigenvalue weighted by atomic mass is 32.2. The second-order valence-corrected chi connectivity index (χ2v) is 6.01. The molecule has 0 N–H and O–H groups in total. The molecule has 0 aromatic heterocycles. The Labute approximate surface area is 108 Å². The molecule has 0 aliphatic carbocycles. The van der Waals surface area contributed by atoms with Gasteiger partial charge in [0.15, 0.2) is 9.84 Å². The van der Waals surface area contributed by atoms with Crippen molar-refractivity contribution < 1.29 is 8.42 Å². The zero-order valence-corrected chi connectivity index (χ0v) is 11.4. The highest BCUT2D eigenvalue weighted by Gasteiger charge is 2.13. The van der Waals surface area contributed by atoms with Crippen LogP contribution in [0.5, 0.6) is 0 Å². The molecule has 0 saturated carbocycles. The van der Waals surface area contributed by atoms with Crippen molar-refractivity contribution in [1.82, 2.24) is 0 Å². The van der Waals surface area contributed by atoms with E-state index in [1.807, 2.05) is 6.92 Å². The van der Waals surface area contributed by atoms with Crippen LogP contribution in [0.15, 0.2) is 34.2 Å². The van der Waals surface area contributed by atoms with Gasteiger partial charge in [-0.1, -0.05) is 19.8 Å². The topological polar surface area (TPSA) is 46.5 Å². The summed E-state index contributed by atoms with van der Waals surface area (Å²) in [6, 6.07) is 6.39. The number of nitrogens with zero attached hydrogens (tertiary/aromatic N) is 1. The first-order chi connectivity index (χ1) is 8.10. The van der Waals surface area contributed by atoms with E-state index in [2.05, 4.69) is 22.4 Å². The van der Waals surface area contributed by atoms with Crippen LogP contribution in [-0.4, -0.2) is 19.3 Å². The van der Waals surface area contributed by atoms with E-state index in [-0.39, 0.29) is 5.75 Å². The molecule has 1 rings (SSSR count). The normalized spacial score (nSPS) is 10.9. The summed E-state index contributed by atoms with van der Waals surface area (Å²) in [6.45, 7) is 2.05. The number of unbranched alkanes of at least 4 members (excludes halogenated alkanes) is 2. The van der Waals surface area contributed by atoms with Crippen molar-refractivity contribution in [3.63, 3.8) is 0 Å². The molecule has 5 heteroatoms. The van der Waals surface area contributed by atoms with E-state index >= 15 is 0 Å². The van der Waals surface area contributed by atoms with Crippen molar-refractivity contribution in [2.75, 3.05) is 5.75 Å². The average Bonchev–Trinajstić information content (AvgIpc) is 2.30. The molecular formula is C12H15NO2S2. The molecule has 92 valence electrons. The summed E-state index contributed by atoms with van der Waals surface area (Å²) in [5.41, 5.74) is 0.618. The Balaban J connectivity index is 2.81. The van der Waals surface area contributed by atoms with Crippen LogP contribution in [-0.2, 0) is 9.84 Å². The van der Waals surface area contributed by atoms with Crippen LogP contribution in [0.1, 0.15) is 26.2 Å². The van der Waals surface area contributed by atoms with Crippen LogP contribution in [0.4, 0.5) is 5.69 Å². The number of thiocarbonyl (C=S) groups is 1. The van der Waals surface area contributed by atoms with Crippen LogP contribution >= 0.6 is 12.2 Å². The molecule has 0 fully saturated rings. The molecule has 0 spiro atoms. The predicted octanol–water partition coefficient (Wildman–Crippen LogP) is 3.38. The lowest BCUT2D eigenvalue weighted by atomic mass is 10.3. The van der Waals surface area contributed by atoms with Crippen molar-refractivity contribution >= 4 is 32.9 Å². The molecule has 1 aromatic rings. The predicted molar refractivity (Wildman–Crippen MR) is 72.7 cm³/mol. The minimum atomic E-state index is -3.15. The maximum absolute atomic E-state index is 11.9. The molecule has 0 amide bonds. The van der Waals surface area contributed by atoms with Gasteiger partial charge in [-0.25, -0.2) is 8.42 Å². The fourth-order valence-corrected chi connectivity index (χ4v) is 2.92. The van der Waals surface area contributed by atoms with Gasteiger partial charge in [0.05, 0.1) is 21.5 Å². The molecule has 0 atom stereocenters. The van der Waals surface area contributed by atoms with E-state index < -0.39 is 9.84 Å². The Morgan fingerprint density at radius 1 is 1.24 bits per heavy atom. The Bertz CT molecular complexity index is 500. The first-order valence-electron chi connectivity index (χ1n) is 5.51. The van der Waals surface area contributed by atoms with Gasteiger partial charge in [-0.15, -0.1) is 0 Å². The Morgan fingerprint density at radius 3 is 2.41 bits per heavy atom. The van der Waals surface area contributed by atoms with Gasteiger partial charge in [0.1, 0.15) is 0 Å². The van der Waals surface area contributed by atoms with E-state index in [0.29, 0.717) is 17.0 Å². The summed E-state index contributed by atoms with van der Waals surface area (Å²) < 4.78 is 23.8. The van der Waals surface area contributed by atoms with Crippen LogP contribution in [0, 0.1) is 0 Å². The van der Waals surface area contributed by atoms with E-state index in [0.717, 1.165) is 12.8 Å². The first-order valence-corrected chi connectivity index (χ1v) is 7.57. The Kier molecular flexibility index (Phi) is 5.48. The Morgan fingerprint density at radius 2 is 1.88 bits per heavy atom. The minimum Gasteiger partial charge on any atom is -0.224 e. The van der Waals surface area contributed by atoms with Crippen molar-refractivity contribution in [2.24, 2.45) is 4.99 Å². The molecule has 17 heavy (non-hydrogen) atoms. The molecule has 1 aromatic carbocycles. The number of aliphatic imine (C=N–C) groups is 1. The third-order valence-electron chi connectivity index (χ3n) is 2.39. The van der Waals surface area contributed by atoms with Gasteiger partial charge in [0.25, 0.3) is 0 Å². The van der Waals surface area contributed by atoms with Crippen molar-refractivity contribution in [2.45, 2.75) is 31.1 Å². The number of rotatable bonds is 6. The fourth-order valence-electron chi connectivity index (χ4n) is 1.44. The third kappa shape index (κ3) is 4.38. The lowest BCUT2D eigenvalue weighted by Gasteiger charge is -2.03. The van der Waals surface area contributed by atoms with E-state index in [4.69, 9.17) is 0 Å². The van der Waals surface area contributed by atoms with Crippen LogP contribution in [0.2, 0.25) is 0 Å². The highest BCUT2D eigenvalue weighted by Crippen LogP contribution is 2.18. The SMILES string of the molecule is CCCCCS(=O)(=O)c1ccc(N=C=S)cc1. The van der Waals surface area contributed by atoms with Gasteiger partial charge in [-0.2, -0.15) is 4.99 Å². The molecule has 0 bridgehead atoms. The number of sulfone groups is 1. The molecule has 0 aliphatic heterocycles. The second kappa shape index (κ2) is 6.64. The van der Waals surface area contributed by atoms with Crippen molar-refractivity contribution in [3.8, 4) is 0 Å². The summed E-state index contributed by atoms with van der Waals surface area (Å²) in [6.07, 6.45) is 2.66. The summed E-state index contributed by atoms with van der Waals surface area (Å²) in [5, 5.41) is 2.24. The van der Waals surface area contributed by atoms with E-state index in [1.54, 1.807) is 24.3 Å². The lowest BCUT2D eigenvalue weighted by molar-refractivity contribution is 0.591. The molecule has 3 nitrogen and oxygen atoms in total. The molecular weight excluding hydrogens is 254 g/mol. The van der Waals surface area contributed by atoms with Crippen LogP contribution < -0.4 is 0 Å². The number of benzene rings is 1. The zero-order chi connectivity index (χ0) is 12.7. The number of isothiocyanates is 1. The Hall–Kier alpha value is -1.03. The van der Waals surface area contributed by atoms with Crippen LogP contribution in [0.25, 0.3) is 0 Å². The van der Waals surface area contributed by atoms with Gasteiger partial charge in [-0.3, -0.25) is 0 Å². The summed E-state index contributed by atoms with van der Waals surface area (Å²) in [5.74, 6) is 0.205. The smallest absolute Gasteiger partial charge is 0.178 e. The molecule has 0 heterocycles. The van der Waals surface area contributed by atoms with E-state index in [1.165, 1.54) is 0 Å². The summed E-state index contributed by atoms with van der Waals surface area (Å²) in [4.78, 5) is 4.12.